The van der Waals surface area contributed by atoms with Gasteiger partial charge in [0.1, 0.15) is 11.6 Å². The minimum atomic E-state index is 0.221. The first-order valence-electron chi connectivity index (χ1n) is 8.84. The summed E-state index contributed by atoms with van der Waals surface area (Å²) in [6.45, 7) is 2.95. The number of aliphatic hydroxyl groups excluding tert-OH is 1. The van der Waals surface area contributed by atoms with Crippen LogP contribution in [0.5, 0.6) is 5.75 Å². The number of ether oxygens (including phenoxy) is 1. The Morgan fingerprint density at radius 3 is 2.65 bits per heavy atom. The number of aliphatic hydroxyl groups is 1. The van der Waals surface area contributed by atoms with E-state index in [9.17, 15) is 0 Å². The Kier molecular flexibility index (Phi) is 6.36. The fourth-order valence-corrected chi connectivity index (χ4v) is 3.89. The number of halogens is 1. The van der Waals surface area contributed by atoms with Crippen LogP contribution in [0.25, 0.3) is 10.9 Å². The number of hydrogen-bond acceptors (Lipinski definition) is 7. The standard InChI is InChI=1S/C18H26IN5O2/c1-23(2)18-21-15-11-14(19)16(26-3)10-13(15)17(22-18)20-12-4-6-24(7-5-12)8-9-25/h10-12,25H,4-9H2,1-3H3,(H,20,21,22). The van der Waals surface area contributed by atoms with Gasteiger partial charge in [-0.15, -0.1) is 0 Å². The lowest BCUT2D eigenvalue weighted by atomic mass is 10.0. The lowest BCUT2D eigenvalue weighted by Gasteiger charge is -2.32. The van der Waals surface area contributed by atoms with E-state index in [0.29, 0.717) is 12.0 Å². The van der Waals surface area contributed by atoms with Crippen molar-refractivity contribution in [3.8, 4) is 5.75 Å². The zero-order valence-corrected chi connectivity index (χ0v) is 17.7. The molecule has 0 radical (unpaired) electrons. The molecule has 1 aromatic carbocycles. The van der Waals surface area contributed by atoms with Gasteiger partial charge in [0, 0.05) is 45.2 Å². The highest BCUT2D eigenvalue weighted by Gasteiger charge is 2.21. The highest BCUT2D eigenvalue weighted by atomic mass is 127. The number of β-amino-alcohol motifs (C(OH)–C–C–N with tert-alkyl or cyclic N) is 1. The van der Waals surface area contributed by atoms with Crippen molar-refractivity contribution in [2.24, 2.45) is 0 Å². The molecule has 3 rings (SSSR count). The molecular formula is C18H26IN5O2. The smallest absolute Gasteiger partial charge is 0.227 e. The van der Waals surface area contributed by atoms with Crippen molar-refractivity contribution in [3.63, 3.8) is 0 Å². The number of hydrogen-bond donors (Lipinski definition) is 2. The monoisotopic (exact) mass is 471 g/mol. The van der Waals surface area contributed by atoms with E-state index in [4.69, 9.17) is 14.8 Å². The van der Waals surface area contributed by atoms with Crippen molar-refractivity contribution in [3.05, 3.63) is 15.7 Å². The van der Waals surface area contributed by atoms with E-state index in [-0.39, 0.29) is 6.61 Å². The lowest BCUT2D eigenvalue weighted by Crippen LogP contribution is -2.40. The Labute approximate surface area is 167 Å². The third-order valence-corrected chi connectivity index (χ3v) is 5.55. The number of piperidine rings is 1. The van der Waals surface area contributed by atoms with Crippen molar-refractivity contribution in [2.45, 2.75) is 18.9 Å². The van der Waals surface area contributed by atoms with Crippen molar-refractivity contribution < 1.29 is 9.84 Å². The average Bonchev–Trinajstić information content (AvgIpc) is 2.62. The van der Waals surface area contributed by atoms with E-state index < -0.39 is 0 Å². The highest BCUT2D eigenvalue weighted by Crippen LogP contribution is 2.32. The van der Waals surface area contributed by atoms with Crippen molar-refractivity contribution in [2.75, 3.05) is 57.7 Å². The first-order chi connectivity index (χ1) is 12.5. The van der Waals surface area contributed by atoms with E-state index >= 15 is 0 Å². The molecule has 0 spiro atoms. The Morgan fingerprint density at radius 1 is 1.31 bits per heavy atom. The number of methoxy groups -OCH3 is 1. The Bertz CT molecular complexity index is 763. The van der Waals surface area contributed by atoms with Gasteiger partial charge in [-0.3, -0.25) is 0 Å². The quantitative estimate of drug-likeness (QED) is 0.626. The summed E-state index contributed by atoms with van der Waals surface area (Å²) >= 11 is 2.27. The second-order valence-electron chi connectivity index (χ2n) is 6.75. The summed E-state index contributed by atoms with van der Waals surface area (Å²) in [7, 11) is 5.59. The number of nitrogens with one attached hydrogen (secondary N) is 1. The molecule has 0 saturated carbocycles. The van der Waals surface area contributed by atoms with Crippen molar-refractivity contribution >= 4 is 45.3 Å². The summed E-state index contributed by atoms with van der Waals surface area (Å²) in [6, 6.07) is 4.42. The van der Waals surface area contributed by atoms with E-state index in [1.165, 1.54) is 0 Å². The van der Waals surface area contributed by atoms with Crippen LogP contribution in [-0.4, -0.2) is 73.5 Å². The molecule has 26 heavy (non-hydrogen) atoms. The molecule has 0 aliphatic carbocycles. The van der Waals surface area contributed by atoms with Crippen molar-refractivity contribution in [1.29, 1.82) is 0 Å². The van der Waals surface area contributed by atoms with Crippen LogP contribution in [0.15, 0.2) is 12.1 Å². The molecule has 2 aromatic rings. The largest absolute Gasteiger partial charge is 0.496 e. The first kappa shape index (κ1) is 19.4. The molecule has 1 fully saturated rings. The number of aromatic nitrogens is 2. The molecule has 2 N–H and O–H groups in total. The topological polar surface area (TPSA) is 73.8 Å². The summed E-state index contributed by atoms with van der Waals surface area (Å²) < 4.78 is 6.52. The number of benzene rings is 1. The van der Waals surface area contributed by atoms with E-state index in [0.717, 1.165) is 58.5 Å². The van der Waals surface area contributed by atoms with Gasteiger partial charge in [-0.25, -0.2) is 4.98 Å². The number of rotatable bonds is 6. The van der Waals surface area contributed by atoms with Gasteiger partial charge in [0.2, 0.25) is 5.95 Å². The Hall–Kier alpha value is -1.39. The maximum atomic E-state index is 9.10. The van der Waals surface area contributed by atoms with Crippen LogP contribution in [0.2, 0.25) is 0 Å². The van der Waals surface area contributed by atoms with Gasteiger partial charge in [-0.2, -0.15) is 4.98 Å². The van der Waals surface area contributed by atoms with Crippen LogP contribution < -0.4 is 15.0 Å². The van der Waals surface area contributed by atoms with Gasteiger partial charge < -0.3 is 25.0 Å². The van der Waals surface area contributed by atoms with Crippen LogP contribution >= 0.6 is 22.6 Å². The fourth-order valence-electron chi connectivity index (χ4n) is 3.22. The summed E-state index contributed by atoms with van der Waals surface area (Å²) in [5, 5.41) is 13.7. The Morgan fingerprint density at radius 2 is 2.04 bits per heavy atom. The van der Waals surface area contributed by atoms with Crippen LogP contribution in [0.1, 0.15) is 12.8 Å². The van der Waals surface area contributed by atoms with Crippen LogP contribution in [0, 0.1) is 3.57 Å². The molecule has 1 aliphatic heterocycles. The molecule has 1 saturated heterocycles. The van der Waals surface area contributed by atoms with Crippen LogP contribution in [0.4, 0.5) is 11.8 Å². The third kappa shape index (κ3) is 4.29. The molecule has 0 amide bonds. The zero-order valence-electron chi connectivity index (χ0n) is 15.5. The normalized spacial score (nSPS) is 16.0. The first-order valence-corrected chi connectivity index (χ1v) is 9.92. The van der Waals surface area contributed by atoms with Crippen LogP contribution in [-0.2, 0) is 0 Å². The maximum absolute atomic E-state index is 9.10. The third-order valence-electron chi connectivity index (χ3n) is 4.70. The molecular weight excluding hydrogens is 445 g/mol. The molecule has 1 aliphatic rings. The number of likely N-dealkylation sites (tertiary alicyclic amines) is 1. The van der Waals surface area contributed by atoms with Gasteiger partial charge in [0.05, 0.1) is 22.8 Å². The predicted molar refractivity (Wildman–Crippen MR) is 113 cm³/mol. The minimum absolute atomic E-state index is 0.221. The second kappa shape index (κ2) is 8.53. The molecule has 1 aromatic heterocycles. The van der Waals surface area contributed by atoms with E-state index in [1.807, 2.05) is 31.1 Å². The predicted octanol–water partition coefficient (Wildman–Crippen LogP) is 2.18. The maximum Gasteiger partial charge on any atom is 0.227 e. The molecule has 7 nitrogen and oxygen atoms in total. The number of fused-ring (bicyclic) bond motifs is 1. The molecule has 0 atom stereocenters. The molecule has 8 heteroatoms. The number of nitrogens with zero attached hydrogens (tertiary/aromatic N) is 4. The summed E-state index contributed by atoms with van der Waals surface area (Å²) in [4.78, 5) is 13.6. The SMILES string of the molecule is COc1cc2c(NC3CCN(CCO)CC3)nc(N(C)C)nc2cc1I. The average molecular weight is 471 g/mol. The van der Waals surface area contributed by atoms with Gasteiger partial charge in [-0.1, -0.05) is 0 Å². The van der Waals surface area contributed by atoms with Crippen LogP contribution in [0.3, 0.4) is 0 Å². The number of anilines is 2. The van der Waals surface area contributed by atoms with Gasteiger partial charge in [0.15, 0.2) is 0 Å². The second-order valence-corrected chi connectivity index (χ2v) is 7.92. The molecule has 2 heterocycles. The van der Waals surface area contributed by atoms with Gasteiger partial charge >= 0.3 is 0 Å². The molecule has 0 bridgehead atoms. The van der Waals surface area contributed by atoms with E-state index in [1.54, 1.807) is 7.11 Å². The summed E-state index contributed by atoms with van der Waals surface area (Å²) in [5.41, 5.74) is 0.911. The lowest BCUT2D eigenvalue weighted by molar-refractivity contribution is 0.168. The molecule has 142 valence electrons. The van der Waals surface area contributed by atoms with Gasteiger partial charge in [-0.05, 0) is 47.6 Å². The summed E-state index contributed by atoms with van der Waals surface area (Å²) in [5.74, 6) is 2.38. The summed E-state index contributed by atoms with van der Waals surface area (Å²) in [6.07, 6.45) is 2.06. The van der Waals surface area contributed by atoms with Crippen molar-refractivity contribution in [1.82, 2.24) is 14.9 Å². The van der Waals surface area contributed by atoms with Gasteiger partial charge in [0.25, 0.3) is 0 Å². The van der Waals surface area contributed by atoms with E-state index in [2.05, 4.69) is 37.8 Å². The Balaban J connectivity index is 1.90. The molecule has 0 unspecified atom stereocenters. The fraction of sp³-hybridized carbons (Fsp3) is 0.556. The highest BCUT2D eigenvalue weighted by molar-refractivity contribution is 14.1. The zero-order chi connectivity index (χ0) is 18.7. The minimum Gasteiger partial charge on any atom is -0.496 e.